The van der Waals surface area contributed by atoms with E-state index in [1.165, 1.54) is 12.1 Å². The number of ether oxygens (including phenoxy) is 1. The number of hydrogen-bond acceptors (Lipinski definition) is 7. The molecule has 152 valence electrons. The molecule has 1 saturated carbocycles. The average molecular weight is 393 g/mol. The van der Waals surface area contributed by atoms with Gasteiger partial charge < -0.3 is 14.1 Å². The lowest BCUT2D eigenvalue weighted by molar-refractivity contribution is 0.116. The molecule has 7 nitrogen and oxygen atoms in total. The molecule has 7 heteroatoms. The minimum Gasteiger partial charge on any atom is -0.474 e. The summed E-state index contributed by atoms with van der Waals surface area (Å²) in [6.07, 6.45) is 8.17. The number of oxazole rings is 1. The Morgan fingerprint density at radius 1 is 1.10 bits per heavy atom. The highest BCUT2D eigenvalue weighted by Gasteiger charge is 2.22. The molecule has 1 aliphatic heterocycles. The molecule has 29 heavy (non-hydrogen) atoms. The maximum absolute atomic E-state index is 6.11. The second-order valence-electron chi connectivity index (χ2n) is 7.98. The Bertz CT molecular complexity index is 976. The summed E-state index contributed by atoms with van der Waals surface area (Å²) in [5.41, 5.74) is 2.16. The highest BCUT2D eigenvalue weighted by molar-refractivity contribution is 5.86. The smallest absolute Gasteiger partial charge is 0.224 e. The SMILES string of the molecule is Cc1ncc(CCN2CCN(c3ccc4ncnc(OC5CCC5)c4c3)CC2)o1. The number of aryl methyl sites for hydroxylation is 1. The molecule has 0 atom stereocenters. The van der Waals surface area contributed by atoms with Crippen LogP contribution in [0.15, 0.2) is 35.1 Å². The Kier molecular flexibility index (Phi) is 5.06. The molecule has 3 aromatic rings. The molecule has 0 radical (unpaired) electrons. The molecule has 0 N–H and O–H groups in total. The summed E-state index contributed by atoms with van der Waals surface area (Å²) in [6, 6.07) is 6.43. The molecule has 0 unspecified atom stereocenters. The van der Waals surface area contributed by atoms with Crippen LogP contribution in [0.25, 0.3) is 10.9 Å². The topological polar surface area (TPSA) is 67.5 Å². The predicted molar refractivity (Wildman–Crippen MR) is 111 cm³/mol. The number of piperazine rings is 1. The lowest BCUT2D eigenvalue weighted by atomic mass is 9.96. The molecule has 3 heterocycles. The molecule has 2 aromatic heterocycles. The summed E-state index contributed by atoms with van der Waals surface area (Å²) < 4.78 is 11.7. The van der Waals surface area contributed by atoms with Crippen molar-refractivity contribution in [1.82, 2.24) is 19.9 Å². The normalized spacial score (nSPS) is 18.2. The van der Waals surface area contributed by atoms with E-state index in [-0.39, 0.29) is 0 Å². The zero-order valence-corrected chi connectivity index (χ0v) is 16.9. The third-order valence-electron chi connectivity index (χ3n) is 5.99. The van der Waals surface area contributed by atoms with E-state index >= 15 is 0 Å². The number of nitrogens with zero attached hydrogens (tertiary/aromatic N) is 5. The van der Waals surface area contributed by atoms with Crippen molar-refractivity contribution in [3.63, 3.8) is 0 Å². The fraction of sp³-hybridized carbons (Fsp3) is 0.500. The summed E-state index contributed by atoms with van der Waals surface area (Å²) in [5, 5.41) is 1.01. The van der Waals surface area contributed by atoms with Crippen LogP contribution in [-0.4, -0.2) is 58.7 Å². The number of hydrogen-bond donors (Lipinski definition) is 0. The van der Waals surface area contributed by atoms with Crippen molar-refractivity contribution in [2.24, 2.45) is 0 Å². The second-order valence-corrected chi connectivity index (χ2v) is 7.98. The number of benzene rings is 1. The number of fused-ring (bicyclic) bond motifs is 1. The van der Waals surface area contributed by atoms with E-state index in [1.807, 2.05) is 13.1 Å². The van der Waals surface area contributed by atoms with E-state index in [4.69, 9.17) is 9.15 Å². The molecule has 2 fully saturated rings. The molecule has 1 aromatic carbocycles. The molecule has 2 aliphatic rings. The number of anilines is 1. The third-order valence-corrected chi connectivity index (χ3v) is 5.99. The standard InChI is InChI=1S/C22H27N5O2/c1-16-23-14-19(28-16)7-8-26-9-11-27(12-10-26)17-5-6-21-20(13-17)22(25-15-24-21)29-18-3-2-4-18/h5-6,13-15,18H,2-4,7-12H2,1H3. The molecular weight excluding hydrogens is 366 g/mol. The molecular formula is C22H27N5O2. The maximum atomic E-state index is 6.11. The van der Waals surface area contributed by atoms with Crippen LogP contribution in [0.5, 0.6) is 5.88 Å². The fourth-order valence-corrected chi connectivity index (χ4v) is 3.98. The largest absolute Gasteiger partial charge is 0.474 e. The van der Waals surface area contributed by atoms with Crippen molar-refractivity contribution >= 4 is 16.6 Å². The van der Waals surface area contributed by atoms with Crippen molar-refractivity contribution in [2.75, 3.05) is 37.6 Å². The number of aromatic nitrogens is 3. The first-order valence-electron chi connectivity index (χ1n) is 10.5. The molecule has 1 saturated heterocycles. The van der Waals surface area contributed by atoms with Crippen LogP contribution in [0.4, 0.5) is 5.69 Å². The van der Waals surface area contributed by atoms with Crippen LogP contribution in [0.1, 0.15) is 30.9 Å². The first-order chi connectivity index (χ1) is 14.2. The highest BCUT2D eigenvalue weighted by Crippen LogP contribution is 2.31. The van der Waals surface area contributed by atoms with Crippen molar-refractivity contribution < 1.29 is 9.15 Å². The molecule has 0 bridgehead atoms. The van der Waals surface area contributed by atoms with Crippen molar-refractivity contribution in [1.29, 1.82) is 0 Å². The quantitative estimate of drug-likeness (QED) is 0.637. The van der Waals surface area contributed by atoms with Crippen LogP contribution >= 0.6 is 0 Å². The fourth-order valence-electron chi connectivity index (χ4n) is 3.98. The molecule has 1 aliphatic carbocycles. The molecule has 0 spiro atoms. The Morgan fingerprint density at radius 3 is 2.69 bits per heavy atom. The van der Waals surface area contributed by atoms with Crippen molar-refractivity contribution in [3.8, 4) is 5.88 Å². The van der Waals surface area contributed by atoms with E-state index in [2.05, 4.69) is 43.0 Å². The summed E-state index contributed by atoms with van der Waals surface area (Å²) >= 11 is 0. The maximum Gasteiger partial charge on any atom is 0.224 e. The van der Waals surface area contributed by atoms with E-state index in [9.17, 15) is 0 Å². The second kappa shape index (κ2) is 7.99. The summed E-state index contributed by atoms with van der Waals surface area (Å²) in [6.45, 7) is 7.00. The molecule has 5 rings (SSSR count). The van der Waals surface area contributed by atoms with E-state index in [0.29, 0.717) is 6.10 Å². The Morgan fingerprint density at radius 2 is 1.97 bits per heavy atom. The van der Waals surface area contributed by atoms with Crippen molar-refractivity contribution in [2.45, 2.75) is 38.7 Å². The van der Waals surface area contributed by atoms with Gasteiger partial charge in [-0.2, -0.15) is 0 Å². The van der Waals surface area contributed by atoms with Gasteiger partial charge in [-0.3, -0.25) is 4.90 Å². The highest BCUT2D eigenvalue weighted by atomic mass is 16.5. The van der Waals surface area contributed by atoms with Gasteiger partial charge >= 0.3 is 0 Å². The first-order valence-corrected chi connectivity index (χ1v) is 10.5. The average Bonchev–Trinajstić information content (AvgIpc) is 3.14. The summed E-state index contributed by atoms with van der Waals surface area (Å²) in [7, 11) is 0. The van der Waals surface area contributed by atoms with E-state index in [1.54, 1.807) is 6.33 Å². The van der Waals surface area contributed by atoms with Gasteiger partial charge in [-0.25, -0.2) is 15.0 Å². The molecule has 0 amide bonds. The Labute approximate surface area is 170 Å². The van der Waals surface area contributed by atoms with Crippen LogP contribution in [0.2, 0.25) is 0 Å². The van der Waals surface area contributed by atoms with Gasteiger partial charge in [-0.1, -0.05) is 0 Å². The lowest BCUT2D eigenvalue weighted by Gasteiger charge is -2.36. The van der Waals surface area contributed by atoms with E-state index in [0.717, 1.165) is 80.4 Å². The minimum absolute atomic E-state index is 0.313. The minimum atomic E-state index is 0.313. The summed E-state index contributed by atoms with van der Waals surface area (Å²) in [4.78, 5) is 17.9. The van der Waals surface area contributed by atoms with Crippen molar-refractivity contribution in [3.05, 3.63) is 42.4 Å². The summed E-state index contributed by atoms with van der Waals surface area (Å²) in [5.74, 6) is 2.44. The van der Waals surface area contributed by atoms with Crippen LogP contribution in [0, 0.1) is 6.92 Å². The van der Waals surface area contributed by atoms with Gasteiger partial charge in [0.2, 0.25) is 5.88 Å². The Hall–Kier alpha value is -2.67. The van der Waals surface area contributed by atoms with Gasteiger partial charge in [-0.05, 0) is 37.5 Å². The zero-order chi connectivity index (χ0) is 19.6. The zero-order valence-electron chi connectivity index (χ0n) is 16.9. The van der Waals surface area contributed by atoms with Gasteiger partial charge in [0, 0.05) is 51.8 Å². The van der Waals surface area contributed by atoms with Crippen LogP contribution in [0.3, 0.4) is 0 Å². The van der Waals surface area contributed by atoms with Gasteiger partial charge in [0.25, 0.3) is 0 Å². The predicted octanol–water partition coefficient (Wildman–Crippen LogP) is 3.22. The van der Waals surface area contributed by atoms with Gasteiger partial charge in [0.1, 0.15) is 18.2 Å². The number of rotatable bonds is 6. The van der Waals surface area contributed by atoms with Gasteiger partial charge in [0.05, 0.1) is 17.1 Å². The monoisotopic (exact) mass is 393 g/mol. The Balaban J connectivity index is 1.23. The van der Waals surface area contributed by atoms with Gasteiger partial charge in [0.15, 0.2) is 5.89 Å². The van der Waals surface area contributed by atoms with Crippen LogP contribution in [-0.2, 0) is 6.42 Å². The van der Waals surface area contributed by atoms with Gasteiger partial charge in [-0.15, -0.1) is 0 Å². The lowest BCUT2D eigenvalue weighted by Crippen LogP contribution is -2.47. The van der Waals surface area contributed by atoms with Crippen LogP contribution < -0.4 is 9.64 Å². The first kappa shape index (κ1) is 18.4. The third kappa shape index (κ3) is 4.05. The van der Waals surface area contributed by atoms with E-state index < -0.39 is 0 Å².